The summed E-state index contributed by atoms with van der Waals surface area (Å²) in [5.41, 5.74) is 12.3. The third-order valence-corrected chi connectivity index (χ3v) is 9.89. The molecule has 4 aliphatic heterocycles. The zero-order valence-corrected chi connectivity index (χ0v) is 30.7. The fraction of sp³-hybridized carbons (Fsp3) is 0.205. The van der Waals surface area contributed by atoms with E-state index in [-0.39, 0.29) is 54.9 Å². The van der Waals surface area contributed by atoms with E-state index in [0.29, 0.717) is 39.4 Å². The molecule has 0 amide bonds. The van der Waals surface area contributed by atoms with Crippen LogP contribution in [0.4, 0.5) is 8.78 Å². The number of phenols is 1. The van der Waals surface area contributed by atoms with Gasteiger partial charge in [-0.05, 0) is 62.4 Å². The van der Waals surface area contributed by atoms with Crippen molar-refractivity contribution in [3.63, 3.8) is 0 Å². The van der Waals surface area contributed by atoms with E-state index in [1.807, 2.05) is 18.2 Å². The van der Waals surface area contributed by atoms with Gasteiger partial charge < -0.3 is 40.3 Å². The summed E-state index contributed by atoms with van der Waals surface area (Å²) in [4.78, 5) is 17.4. The van der Waals surface area contributed by atoms with E-state index in [1.165, 1.54) is 12.1 Å². The second kappa shape index (κ2) is 13.1. The lowest BCUT2D eigenvalue weighted by Crippen LogP contribution is -2.31. The molecule has 55 heavy (non-hydrogen) atoms. The molecule has 2 atom stereocenters. The maximum atomic E-state index is 15.2. The van der Waals surface area contributed by atoms with Crippen molar-refractivity contribution < 1.29 is 37.6 Å². The first-order chi connectivity index (χ1) is 26.3. The minimum Gasteiger partial charge on any atom is -0.508 e. The molecule has 4 aromatic carbocycles. The maximum Gasteiger partial charge on any atom is 0.283 e. The Kier molecular flexibility index (Phi) is 8.49. The summed E-state index contributed by atoms with van der Waals surface area (Å²) in [6, 6.07) is 18.3. The van der Waals surface area contributed by atoms with Gasteiger partial charge in [0.2, 0.25) is 0 Å². The third-order valence-electron chi connectivity index (χ3n) is 9.39. The average Bonchev–Trinajstić information content (AvgIpc) is 3.76. The summed E-state index contributed by atoms with van der Waals surface area (Å²) in [7, 11) is 0. The lowest BCUT2D eigenvalue weighted by Gasteiger charge is -2.34. The van der Waals surface area contributed by atoms with Crippen LogP contribution in [0.2, 0.25) is 0 Å². The predicted octanol–water partition coefficient (Wildman–Crippen LogP) is 6.89. The molecule has 0 saturated heterocycles. The third kappa shape index (κ3) is 6.15. The van der Waals surface area contributed by atoms with Crippen molar-refractivity contribution in [1.82, 2.24) is 9.97 Å². The Morgan fingerprint density at radius 3 is 2.07 bits per heavy atom. The molecule has 0 aliphatic carbocycles. The Hall–Kier alpha value is -6.47. The Bertz CT molecular complexity index is 2500. The van der Waals surface area contributed by atoms with Gasteiger partial charge in [-0.15, -0.1) is 0 Å². The number of rotatable bonds is 4. The molecule has 13 nitrogen and oxygen atoms in total. The lowest BCUT2D eigenvalue weighted by molar-refractivity contribution is 0.223. The highest BCUT2D eigenvalue weighted by Crippen LogP contribution is 2.54. The summed E-state index contributed by atoms with van der Waals surface area (Å²) in [5.74, 6) is -0.259. The Morgan fingerprint density at radius 2 is 1.47 bits per heavy atom. The van der Waals surface area contributed by atoms with Gasteiger partial charge >= 0.3 is 0 Å². The highest BCUT2D eigenvalue weighted by atomic mass is 79.9. The highest BCUT2D eigenvalue weighted by Gasteiger charge is 2.49. The van der Waals surface area contributed by atoms with Crippen LogP contribution in [0.15, 0.2) is 93.7 Å². The molecule has 5 N–H and O–H groups in total. The zero-order valence-electron chi connectivity index (χ0n) is 29.1. The van der Waals surface area contributed by atoms with Crippen LogP contribution >= 0.6 is 15.9 Å². The monoisotopic (exact) mass is 809 g/mol. The fourth-order valence-electron chi connectivity index (χ4n) is 6.74. The van der Waals surface area contributed by atoms with Crippen LogP contribution < -0.4 is 25.7 Å². The van der Waals surface area contributed by atoms with Gasteiger partial charge in [0.15, 0.2) is 34.2 Å². The zero-order chi connectivity index (χ0) is 38.7. The summed E-state index contributed by atoms with van der Waals surface area (Å²) in [6.07, 6.45) is 4.85. The smallest absolute Gasteiger partial charge is 0.283 e. The van der Waals surface area contributed by atoms with Crippen molar-refractivity contribution >= 4 is 28.0 Å². The maximum absolute atomic E-state index is 15.2. The van der Waals surface area contributed by atoms with E-state index in [0.717, 1.165) is 16.1 Å². The number of nitrogens with zero attached hydrogens (tertiary/aromatic N) is 5. The number of nitriles is 1. The molecular weight excluding hydrogens is 780 g/mol. The van der Waals surface area contributed by atoms with Crippen molar-refractivity contribution in [3.8, 4) is 51.8 Å². The number of benzene rings is 4. The number of aromatic hydroxyl groups is 1. The SMILES string of the molecule is CC(C)(C#N)COc1cc(F)c2c(c1)[C@]1(COC(N)=N1)c1cc(-c3cnccn3)ccc1O2.NC1=N[C@@]2(CO1)c1cc(Br)ccc1Oc1c(F)cc(O)cc12. The van der Waals surface area contributed by atoms with Crippen LogP contribution in [0.25, 0.3) is 11.3 Å². The number of ether oxygens (including phenoxy) is 5. The van der Waals surface area contributed by atoms with Crippen LogP contribution in [0.5, 0.6) is 34.5 Å². The number of nitrogens with two attached hydrogens (primary N) is 2. The number of phenolic OH excluding ortho intramolecular Hbond substituents is 1. The fourth-order valence-corrected chi connectivity index (χ4v) is 7.10. The van der Waals surface area contributed by atoms with E-state index in [4.69, 9.17) is 35.2 Å². The number of hydrogen-bond donors (Lipinski definition) is 3. The second-order valence-corrected chi connectivity index (χ2v) is 14.6. The second-order valence-electron chi connectivity index (χ2n) is 13.7. The van der Waals surface area contributed by atoms with Crippen molar-refractivity contribution in [1.29, 1.82) is 5.26 Å². The van der Waals surface area contributed by atoms with Gasteiger partial charge in [-0.1, -0.05) is 15.9 Å². The van der Waals surface area contributed by atoms with Crippen LogP contribution in [0, 0.1) is 28.4 Å². The summed E-state index contributed by atoms with van der Waals surface area (Å²) in [5, 5.41) is 19.0. The van der Waals surface area contributed by atoms with Gasteiger partial charge in [-0.3, -0.25) is 9.97 Å². The summed E-state index contributed by atoms with van der Waals surface area (Å²) >= 11 is 3.41. The molecule has 2 spiro atoms. The molecule has 0 bridgehead atoms. The van der Waals surface area contributed by atoms with Gasteiger partial charge in [0.25, 0.3) is 12.0 Å². The summed E-state index contributed by atoms with van der Waals surface area (Å²) < 4.78 is 58.5. The first-order valence-electron chi connectivity index (χ1n) is 16.7. The van der Waals surface area contributed by atoms with Gasteiger partial charge in [-0.2, -0.15) is 5.26 Å². The molecule has 0 saturated carbocycles. The van der Waals surface area contributed by atoms with Crippen LogP contribution in [0.3, 0.4) is 0 Å². The standard InChI is InChI=1S/C24H20FN5O3.C15H10BrFN2O3/c1-23(2,11-26)12-31-15-8-17-21(18(25)9-15)33-20-4-3-14(19-10-28-5-6-29-19)7-16(20)24(17)13-32-22(27)30-24;16-7-1-2-12-9(3-7)15(6-21-14(18)19-15)10-4-8(20)5-11(17)13(10)22-12/h3-10H,12-13H2,1-2H3,(H2,27,30);1-5,20H,6H2,(H2,18,19)/t24-;15-/m00/s1. The van der Waals surface area contributed by atoms with Crippen LogP contribution in [-0.2, 0) is 20.6 Å². The number of fused-ring (bicyclic) bond motifs is 8. The van der Waals surface area contributed by atoms with E-state index >= 15 is 4.39 Å². The normalized spacial score (nSPS) is 19.7. The van der Waals surface area contributed by atoms with E-state index in [9.17, 15) is 14.8 Å². The van der Waals surface area contributed by atoms with Gasteiger partial charge in [0.05, 0.1) is 23.4 Å². The first-order valence-corrected chi connectivity index (χ1v) is 17.5. The predicted molar refractivity (Wildman–Crippen MR) is 198 cm³/mol. The molecule has 4 aliphatic rings. The quantitative estimate of drug-likeness (QED) is 0.171. The molecule has 9 rings (SSSR count). The molecule has 16 heteroatoms. The van der Waals surface area contributed by atoms with E-state index in [2.05, 4.69) is 42.0 Å². The van der Waals surface area contributed by atoms with Crippen molar-refractivity contribution in [3.05, 3.63) is 118 Å². The molecule has 0 unspecified atom stereocenters. The Labute approximate surface area is 321 Å². The topological polar surface area (TPSA) is 193 Å². The number of aromatic nitrogens is 2. The first kappa shape index (κ1) is 35.6. The van der Waals surface area contributed by atoms with Crippen molar-refractivity contribution in [2.45, 2.75) is 24.9 Å². The van der Waals surface area contributed by atoms with E-state index < -0.39 is 28.1 Å². The number of hydrogen-bond acceptors (Lipinski definition) is 13. The average molecular weight is 811 g/mol. The van der Waals surface area contributed by atoms with Gasteiger partial charge in [0.1, 0.15) is 42.8 Å². The molecule has 1 aromatic heterocycles. The van der Waals surface area contributed by atoms with Crippen molar-refractivity contribution in [2.24, 2.45) is 26.9 Å². The highest BCUT2D eigenvalue weighted by molar-refractivity contribution is 9.10. The molecule has 278 valence electrons. The Balaban J connectivity index is 0.000000168. The number of amidine groups is 2. The molecule has 5 heterocycles. The number of aliphatic imine (C=N–C) groups is 2. The minimum absolute atomic E-state index is 0.00366. The Morgan fingerprint density at radius 1 is 0.855 bits per heavy atom. The van der Waals surface area contributed by atoms with Gasteiger partial charge in [0, 0.05) is 56.8 Å². The molecule has 5 aromatic rings. The molecular formula is C39H30BrF2N7O6. The minimum atomic E-state index is -1.13. The van der Waals surface area contributed by atoms with Crippen molar-refractivity contribution in [2.75, 3.05) is 19.8 Å². The number of halogens is 3. The molecule has 0 fully saturated rings. The largest absolute Gasteiger partial charge is 0.508 e. The van der Waals surface area contributed by atoms with E-state index in [1.54, 1.807) is 56.7 Å². The molecule has 0 radical (unpaired) electrons. The van der Waals surface area contributed by atoms with Crippen LogP contribution in [0.1, 0.15) is 36.1 Å². The van der Waals surface area contributed by atoms with Crippen LogP contribution in [-0.4, -0.2) is 46.9 Å². The lowest BCUT2D eigenvalue weighted by atomic mass is 9.80. The summed E-state index contributed by atoms with van der Waals surface area (Å²) in [6.45, 7) is 3.75. The van der Waals surface area contributed by atoms with Gasteiger partial charge in [-0.25, -0.2) is 18.8 Å².